The molecule has 0 saturated carbocycles. The van der Waals surface area contributed by atoms with Gasteiger partial charge in [0.25, 0.3) is 5.91 Å². The summed E-state index contributed by atoms with van der Waals surface area (Å²) in [6.07, 6.45) is 0.816. The molecule has 1 aliphatic rings. The van der Waals surface area contributed by atoms with Crippen LogP contribution in [0.1, 0.15) is 5.56 Å². The number of nitrogens with one attached hydrogen (secondary N) is 1. The van der Waals surface area contributed by atoms with Gasteiger partial charge >= 0.3 is 0 Å². The number of anilines is 1. The van der Waals surface area contributed by atoms with Gasteiger partial charge in [0.2, 0.25) is 0 Å². The van der Waals surface area contributed by atoms with Crippen molar-refractivity contribution in [2.75, 3.05) is 31.6 Å². The van der Waals surface area contributed by atoms with E-state index in [0.29, 0.717) is 6.54 Å². The Morgan fingerprint density at radius 2 is 2.39 bits per heavy atom. The van der Waals surface area contributed by atoms with Gasteiger partial charge in [0.15, 0.2) is 6.61 Å². The maximum atomic E-state index is 11.5. The normalized spacial score (nSPS) is 13.8. The fourth-order valence-electron chi connectivity index (χ4n) is 1.85. The summed E-state index contributed by atoms with van der Waals surface area (Å²) in [5.74, 6) is 0.702. The predicted octanol–water partition coefficient (Wildman–Crippen LogP) is 0.697. The van der Waals surface area contributed by atoms with Gasteiger partial charge in [0.1, 0.15) is 5.75 Å². The topological polar surface area (TPSA) is 65.4 Å². The smallest absolute Gasteiger partial charge is 0.264 e. The molecular weight excluding hydrogens is 230 g/mol. The largest absolute Gasteiger partial charge is 0.482 e. The Morgan fingerprint density at radius 3 is 3.17 bits per heavy atom. The second-order valence-electron chi connectivity index (χ2n) is 4.13. The quantitative estimate of drug-likeness (QED) is 0.626. The molecule has 1 aromatic carbocycles. The molecule has 1 heterocycles. The van der Waals surface area contributed by atoms with Crippen molar-refractivity contribution in [2.45, 2.75) is 6.42 Å². The van der Waals surface area contributed by atoms with Crippen LogP contribution in [-0.4, -0.2) is 32.7 Å². The van der Waals surface area contributed by atoms with Crippen molar-refractivity contribution in [1.82, 2.24) is 5.32 Å². The van der Waals surface area contributed by atoms with Crippen molar-refractivity contribution in [1.29, 1.82) is 5.26 Å². The number of benzene rings is 1. The first-order valence-corrected chi connectivity index (χ1v) is 5.82. The highest BCUT2D eigenvalue weighted by Gasteiger charge is 2.21. The molecule has 0 aliphatic carbocycles. The number of fused-ring (bicyclic) bond motifs is 1. The Hall–Kier alpha value is -2.06. The Labute approximate surface area is 106 Å². The molecule has 1 aliphatic heterocycles. The summed E-state index contributed by atoms with van der Waals surface area (Å²) in [5.41, 5.74) is 1.92. The zero-order chi connectivity index (χ0) is 13.0. The monoisotopic (exact) mass is 245 g/mol. The van der Waals surface area contributed by atoms with Crippen molar-refractivity contribution in [3.8, 4) is 11.8 Å². The first-order valence-electron chi connectivity index (χ1n) is 5.82. The van der Waals surface area contributed by atoms with E-state index in [1.165, 1.54) is 0 Å². The van der Waals surface area contributed by atoms with Gasteiger partial charge in [0.05, 0.1) is 18.3 Å². The lowest BCUT2D eigenvalue weighted by Crippen LogP contribution is -2.35. The zero-order valence-electron chi connectivity index (χ0n) is 10.3. The van der Waals surface area contributed by atoms with E-state index in [-0.39, 0.29) is 12.5 Å². The standard InChI is InChI=1S/C13H15N3O2/c1-16-11-8-10(4-6-15-7-5-14)2-3-12(11)18-9-13(16)17/h2-3,8,15H,4,6-7,9H2,1H3. The lowest BCUT2D eigenvalue weighted by molar-refractivity contribution is -0.120. The van der Waals surface area contributed by atoms with Crippen LogP contribution in [-0.2, 0) is 11.2 Å². The van der Waals surface area contributed by atoms with Crippen molar-refractivity contribution in [3.63, 3.8) is 0 Å². The number of carbonyl (C=O) groups excluding carboxylic acids is 1. The van der Waals surface area contributed by atoms with E-state index in [4.69, 9.17) is 10.00 Å². The van der Waals surface area contributed by atoms with Crippen molar-refractivity contribution in [2.24, 2.45) is 0 Å². The van der Waals surface area contributed by atoms with E-state index < -0.39 is 0 Å². The van der Waals surface area contributed by atoms with Crippen molar-refractivity contribution in [3.05, 3.63) is 23.8 Å². The minimum Gasteiger partial charge on any atom is -0.482 e. The molecule has 18 heavy (non-hydrogen) atoms. The number of nitrogens with zero attached hydrogens (tertiary/aromatic N) is 2. The highest BCUT2D eigenvalue weighted by molar-refractivity contribution is 5.97. The summed E-state index contributed by atoms with van der Waals surface area (Å²) < 4.78 is 5.35. The van der Waals surface area contributed by atoms with Crippen LogP contribution in [0.25, 0.3) is 0 Å². The third-order valence-electron chi connectivity index (χ3n) is 2.90. The molecule has 5 heteroatoms. The Morgan fingerprint density at radius 1 is 1.56 bits per heavy atom. The third kappa shape index (κ3) is 2.60. The van der Waals surface area contributed by atoms with Crippen LogP contribution >= 0.6 is 0 Å². The highest BCUT2D eigenvalue weighted by Crippen LogP contribution is 2.31. The average Bonchev–Trinajstić information content (AvgIpc) is 2.39. The van der Waals surface area contributed by atoms with Crippen LogP contribution in [0.4, 0.5) is 5.69 Å². The number of likely N-dealkylation sites (N-methyl/N-ethyl adjacent to an activating group) is 1. The molecule has 0 saturated heterocycles. The van der Waals surface area contributed by atoms with Crippen LogP contribution in [0, 0.1) is 11.3 Å². The molecule has 0 atom stereocenters. The van der Waals surface area contributed by atoms with Gasteiger partial charge in [-0.1, -0.05) is 6.07 Å². The predicted molar refractivity (Wildman–Crippen MR) is 67.5 cm³/mol. The van der Waals surface area contributed by atoms with E-state index in [0.717, 1.165) is 30.0 Å². The molecule has 0 radical (unpaired) electrons. The number of hydrogen-bond acceptors (Lipinski definition) is 4. The molecule has 1 aromatic rings. The minimum atomic E-state index is -0.0396. The van der Waals surface area contributed by atoms with Gasteiger partial charge in [-0.05, 0) is 24.1 Å². The van der Waals surface area contributed by atoms with Crippen LogP contribution in [0.3, 0.4) is 0 Å². The van der Waals surface area contributed by atoms with Gasteiger partial charge in [0, 0.05) is 13.6 Å². The summed E-state index contributed by atoms with van der Waals surface area (Å²) in [4.78, 5) is 13.1. The lowest BCUT2D eigenvalue weighted by Gasteiger charge is -2.26. The van der Waals surface area contributed by atoms with Gasteiger partial charge < -0.3 is 15.0 Å². The molecule has 1 N–H and O–H groups in total. The summed E-state index contributed by atoms with van der Waals surface area (Å²) in [6, 6.07) is 7.86. The number of nitriles is 1. The van der Waals surface area contributed by atoms with Crippen LogP contribution in [0.15, 0.2) is 18.2 Å². The number of amides is 1. The zero-order valence-corrected chi connectivity index (χ0v) is 10.3. The second-order valence-corrected chi connectivity index (χ2v) is 4.13. The summed E-state index contributed by atoms with van der Waals surface area (Å²) >= 11 is 0. The van der Waals surface area contributed by atoms with Crippen LogP contribution in [0.5, 0.6) is 5.75 Å². The fourth-order valence-corrected chi connectivity index (χ4v) is 1.85. The highest BCUT2D eigenvalue weighted by atomic mass is 16.5. The maximum Gasteiger partial charge on any atom is 0.264 e. The average molecular weight is 245 g/mol. The summed E-state index contributed by atoms with van der Waals surface area (Å²) in [7, 11) is 1.75. The molecule has 0 bridgehead atoms. The second kappa shape index (κ2) is 5.52. The van der Waals surface area contributed by atoms with E-state index >= 15 is 0 Å². The number of hydrogen-bond donors (Lipinski definition) is 1. The maximum absolute atomic E-state index is 11.5. The van der Waals surface area contributed by atoms with Crippen molar-refractivity contribution < 1.29 is 9.53 Å². The SMILES string of the molecule is CN1C(=O)COc2ccc(CCNCC#N)cc21. The third-order valence-corrected chi connectivity index (χ3v) is 2.90. The molecular formula is C13H15N3O2. The molecule has 5 nitrogen and oxygen atoms in total. The Kier molecular flexibility index (Phi) is 3.80. The molecule has 2 rings (SSSR count). The Bertz CT molecular complexity index is 493. The van der Waals surface area contributed by atoms with Gasteiger partial charge in [-0.2, -0.15) is 5.26 Å². The number of ether oxygens (including phenoxy) is 1. The first kappa shape index (κ1) is 12.4. The van der Waals surface area contributed by atoms with Gasteiger partial charge in [-0.25, -0.2) is 0 Å². The van der Waals surface area contributed by atoms with E-state index in [2.05, 4.69) is 5.32 Å². The van der Waals surface area contributed by atoms with E-state index in [1.807, 2.05) is 24.3 Å². The Balaban J connectivity index is 2.07. The molecule has 0 fully saturated rings. The molecule has 1 amide bonds. The van der Waals surface area contributed by atoms with E-state index in [1.54, 1.807) is 11.9 Å². The first-order chi connectivity index (χ1) is 8.72. The van der Waals surface area contributed by atoms with Crippen LogP contribution in [0.2, 0.25) is 0 Å². The number of rotatable bonds is 4. The van der Waals surface area contributed by atoms with Gasteiger partial charge in [-0.3, -0.25) is 4.79 Å². The van der Waals surface area contributed by atoms with Crippen molar-refractivity contribution >= 4 is 11.6 Å². The lowest BCUT2D eigenvalue weighted by atomic mass is 10.1. The molecule has 0 aromatic heterocycles. The minimum absolute atomic E-state index is 0.0396. The van der Waals surface area contributed by atoms with Gasteiger partial charge in [-0.15, -0.1) is 0 Å². The summed E-state index contributed by atoms with van der Waals surface area (Å²) in [6.45, 7) is 1.20. The molecule has 0 spiro atoms. The molecule has 94 valence electrons. The molecule has 0 unspecified atom stereocenters. The van der Waals surface area contributed by atoms with Crippen LogP contribution < -0.4 is 15.0 Å². The fraction of sp³-hybridized carbons (Fsp3) is 0.385. The number of carbonyl (C=O) groups is 1. The van der Waals surface area contributed by atoms with E-state index in [9.17, 15) is 4.79 Å². The summed E-state index contributed by atoms with van der Waals surface area (Å²) in [5, 5.41) is 11.4.